The Kier molecular flexibility index (Phi) is 7.39. The predicted molar refractivity (Wildman–Crippen MR) is 80.2 cm³/mol. The third-order valence-corrected chi connectivity index (χ3v) is 3.99. The van der Waals surface area contributed by atoms with Gasteiger partial charge in [-0.05, 0) is 45.8 Å². The number of likely N-dealkylation sites (N-methyl/N-ethyl adjacent to an activating group) is 1. The van der Waals surface area contributed by atoms with E-state index in [9.17, 15) is 4.79 Å². The number of hydrogen-bond donors (Lipinski definition) is 1. The zero-order valence-electron chi connectivity index (χ0n) is 13.1. The van der Waals surface area contributed by atoms with Crippen LogP contribution in [0.15, 0.2) is 0 Å². The second kappa shape index (κ2) is 8.54. The number of nitrogens with one attached hydrogen (secondary N) is 1. The molecule has 0 aromatic heterocycles. The normalized spacial score (nSPS) is 23.6. The van der Waals surface area contributed by atoms with E-state index in [2.05, 4.69) is 38.2 Å². The largest absolute Gasteiger partial charge is 0.341 e. The van der Waals surface area contributed by atoms with Crippen molar-refractivity contribution < 1.29 is 4.79 Å². The summed E-state index contributed by atoms with van der Waals surface area (Å²) in [5.41, 5.74) is 0. The van der Waals surface area contributed by atoms with Crippen LogP contribution in [-0.2, 0) is 4.79 Å². The Morgan fingerprint density at radius 2 is 2.00 bits per heavy atom. The third kappa shape index (κ3) is 5.91. The van der Waals surface area contributed by atoms with Crippen molar-refractivity contribution in [2.45, 2.75) is 45.6 Å². The topological polar surface area (TPSA) is 35.6 Å². The van der Waals surface area contributed by atoms with Crippen LogP contribution in [0.25, 0.3) is 0 Å². The van der Waals surface area contributed by atoms with Crippen molar-refractivity contribution in [3.05, 3.63) is 0 Å². The highest BCUT2D eigenvalue weighted by molar-refractivity contribution is 5.76. The van der Waals surface area contributed by atoms with Crippen molar-refractivity contribution in [3.63, 3.8) is 0 Å². The van der Waals surface area contributed by atoms with Gasteiger partial charge >= 0.3 is 0 Å². The Labute approximate surface area is 118 Å². The molecule has 112 valence electrons. The van der Waals surface area contributed by atoms with Gasteiger partial charge in [-0.3, -0.25) is 4.79 Å². The van der Waals surface area contributed by atoms with Crippen LogP contribution in [0.2, 0.25) is 0 Å². The molecule has 0 aromatic rings. The smallest absolute Gasteiger partial charge is 0.224 e. The molecular formula is C15H31N3O. The highest BCUT2D eigenvalue weighted by Gasteiger charge is 2.25. The lowest BCUT2D eigenvalue weighted by atomic mass is 9.90. The third-order valence-electron chi connectivity index (χ3n) is 3.99. The summed E-state index contributed by atoms with van der Waals surface area (Å²) in [6.45, 7) is 8.13. The first-order valence-corrected chi connectivity index (χ1v) is 7.70. The number of amides is 1. The first kappa shape index (κ1) is 16.4. The number of carbonyl (C=O) groups excluding carboxylic acids is 1. The Morgan fingerprint density at radius 1 is 1.26 bits per heavy atom. The highest BCUT2D eigenvalue weighted by Crippen LogP contribution is 2.18. The van der Waals surface area contributed by atoms with Crippen LogP contribution in [0.4, 0.5) is 0 Å². The molecule has 0 saturated carbocycles. The van der Waals surface area contributed by atoms with Gasteiger partial charge in [-0.15, -0.1) is 0 Å². The molecule has 0 aliphatic carbocycles. The summed E-state index contributed by atoms with van der Waals surface area (Å²) >= 11 is 0. The molecule has 1 saturated heterocycles. The van der Waals surface area contributed by atoms with Gasteiger partial charge < -0.3 is 15.1 Å². The average molecular weight is 269 g/mol. The van der Waals surface area contributed by atoms with Crippen LogP contribution in [0.1, 0.15) is 39.5 Å². The van der Waals surface area contributed by atoms with E-state index >= 15 is 0 Å². The van der Waals surface area contributed by atoms with Crippen LogP contribution in [0, 0.1) is 5.92 Å². The zero-order chi connectivity index (χ0) is 14.3. The molecule has 2 unspecified atom stereocenters. The summed E-state index contributed by atoms with van der Waals surface area (Å²) in [5, 5.41) is 3.50. The quantitative estimate of drug-likeness (QED) is 0.762. The van der Waals surface area contributed by atoms with Gasteiger partial charge in [0.1, 0.15) is 0 Å². The van der Waals surface area contributed by atoms with E-state index in [-0.39, 0.29) is 0 Å². The Balaban J connectivity index is 2.45. The van der Waals surface area contributed by atoms with E-state index in [1.807, 2.05) is 4.90 Å². The van der Waals surface area contributed by atoms with Crippen molar-refractivity contribution in [1.82, 2.24) is 15.1 Å². The molecule has 1 N–H and O–H groups in total. The van der Waals surface area contributed by atoms with E-state index in [1.54, 1.807) is 0 Å². The molecule has 2 atom stereocenters. The van der Waals surface area contributed by atoms with Gasteiger partial charge in [-0.25, -0.2) is 0 Å². The van der Waals surface area contributed by atoms with Crippen LogP contribution < -0.4 is 5.32 Å². The molecule has 1 fully saturated rings. The average Bonchev–Trinajstić information content (AvgIpc) is 2.37. The number of nitrogens with zero attached hydrogens (tertiary/aromatic N) is 2. The number of piperidine rings is 1. The van der Waals surface area contributed by atoms with Gasteiger partial charge in [-0.1, -0.05) is 13.8 Å². The monoisotopic (exact) mass is 269 g/mol. The molecule has 1 heterocycles. The lowest BCUT2D eigenvalue weighted by Crippen LogP contribution is -2.45. The molecule has 1 rings (SSSR count). The van der Waals surface area contributed by atoms with Gasteiger partial charge in [0.05, 0.1) is 0 Å². The standard InChI is InChI=1S/C15H31N3O/c1-5-9-18(11-10-17(3)4)15(19)12-14-13(2)7-6-8-16-14/h13-14,16H,5-12H2,1-4H3. The summed E-state index contributed by atoms with van der Waals surface area (Å²) in [6, 6.07) is 0.375. The Morgan fingerprint density at radius 3 is 2.58 bits per heavy atom. The van der Waals surface area contributed by atoms with Crippen molar-refractivity contribution in [2.75, 3.05) is 40.3 Å². The number of carbonyl (C=O) groups is 1. The lowest BCUT2D eigenvalue weighted by Gasteiger charge is -2.32. The van der Waals surface area contributed by atoms with E-state index in [4.69, 9.17) is 0 Å². The Bertz CT molecular complexity index is 268. The van der Waals surface area contributed by atoms with Crippen molar-refractivity contribution in [2.24, 2.45) is 5.92 Å². The molecule has 0 aromatic carbocycles. The van der Waals surface area contributed by atoms with Gasteiger partial charge in [0, 0.05) is 32.1 Å². The van der Waals surface area contributed by atoms with Gasteiger partial charge in [0.25, 0.3) is 0 Å². The molecule has 0 radical (unpaired) electrons. The minimum Gasteiger partial charge on any atom is -0.341 e. The molecule has 1 aliphatic heterocycles. The summed E-state index contributed by atoms with van der Waals surface area (Å²) in [6.07, 6.45) is 4.18. The zero-order valence-corrected chi connectivity index (χ0v) is 13.1. The summed E-state index contributed by atoms with van der Waals surface area (Å²) in [7, 11) is 4.11. The first-order chi connectivity index (χ1) is 9.04. The van der Waals surface area contributed by atoms with Crippen LogP contribution in [0.3, 0.4) is 0 Å². The number of hydrogen-bond acceptors (Lipinski definition) is 3. The lowest BCUT2D eigenvalue weighted by molar-refractivity contribution is -0.132. The fraction of sp³-hybridized carbons (Fsp3) is 0.933. The summed E-state index contributed by atoms with van der Waals surface area (Å²) in [5.74, 6) is 0.935. The van der Waals surface area contributed by atoms with Crippen molar-refractivity contribution in [3.8, 4) is 0 Å². The van der Waals surface area contributed by atoms with Crippen LogP contribution >= 0.6 is 0 Å². The maximum absolute atomic E-state index is 12.4. The highest BCUT2D eigenvalue weighted by atomic mass is 16.2. The van der Waals surface area contributed by atoms with E-state index in [0.29, 0.717) is 24.3 Å². The van der Waals surface area contributed by atoms with E-state index in [1.165, 1.54) is 12.8 Å². The minimum atomic E-state index is 0.315. The van der Waals surface area contributed by atoms with Crippen LogP contribution in [-0.4, -0.2) is 62.0 Å². The van der Waals surface area contributed by atoms with E-state index < -0.39 is 0 Å². The molecule has 0 spiro atoms. The molecule has 19 heavy (non-hydrogen) atoms. The second-order valence-electron chi connectivity index (χ2n) is 6.07. The molecule has 4 nitrogen and oxygen atoms in total. The van der Waals surface area contributed by atoms with Gasteiger partial charge in [0.15, 0.2) is 0 Å². The van der Waals surface area contributed by atoms with Gasteiger partial charge in [-0.2, -0.15) is 0 Å². The fourth-order valence-electron chi connectivity index (χ4n) is 2.66. The van der Waals surface area contributed by atoms with Gasteiger partial charge in [0.2, 0.25) is 5.91 Å². The fourth-order valence-corrected chi connectivity index (χ4v) is 2.66. The SMILES string of the molecule is CCCN(CCN(C)C)C(=O)CC1NCCCC1C. The molecule has 1 amide bonds. The Hall–Kier alpha value is -0.610. The van der Waals surface area contributed by atoms with Crippen molar-refractivity contribution in [1.29, 1.82) is 0 Å². The first-order valence-electron chi connectivity index (χ1n) is 7.70. The summed E-state index contributed by atoms with van der Waals surface area (Å²) in [4.78, 5) is 16.6. The maximum atomic E-state index is 12.4. The maximum Gasteiger partial charge on any atom is 0.224 e. The molecular weight excluding hydrogens is 238 g/mol. The number of rotatable bonds is 7. The van der Waals surface area contributed by atoms with Crippen molar-refractivity contribution >= 4 is 5.91 Å². The molecule has 1 aliphatic rings. The van der Waals surface area contributed by atoms with Crippen LogP contribution in [0.5, 0.6) is 0 Å². The van der Waals surface area contributed by atoms with E-state index in [0.717, 1.165) is 32.6 Å². The second-order valence-corrected chi connectivity index (χ2v) is 6.07. The minimum absolute atomic E-state index is 0.315. The molecule has 4 heteroatoms. The predicted octanol–water partition coefficient (Wildman–Crippen LogP) is 1.56. The summed E-state index contributed by atoms with van der Waals surface area (Å²) < 4.78 is 0. The molecule has 0 bridgehead atoms.